The zero-order valence-corrected chi connectivity index (χ0v) is 20.2. The van der Waals surface area contributed by atoms with E-state index in [0.717, 1.165) is 45.6 Å². The predicted molar refractivity (Wildman–Crippen MR) is 136 cm³/mol. The van der Waals surface area contributed by atoms with Gasteiger partial charge in [0.05, 0.1) is 17.8 Å². The van der Waals surface area contributed by atoms with E-state index in [2.05, 4.69) is 22.0 Å². The van der Waals surface area contributed by atoms with E-state index in [-0.39, 0.29) is 17.0 Å². The number of halogens is 1. The van der Waals surface area contributed by atoms with Crippen molar-refractivity contribution in [2.45, 2.75) is 32.7 Å². The average molecular weight is 479 g/mol. The number of anilines is 2. The number of hydrogen-bond donors (Lipinski definition) is 1. The Labute approximate surface area is 204 Å². The summed E-state index contributed by atoms with van der Waals surface area (Å²) in [4.78, 5) is 30.8. The molecule has 0 atom stereocenters. The molecule has 2 aliphatic rings. The van der Waals surface area contributed by atoms with Crippen LogP contribution in [0.1, 0.15) is 43.1 Å². The number of aromatic nitrogens is 1. The van der Waals surface area contributed by atoms with Gasteiger partial charge in [0.25, 0.3) is 5.91 Å². The van der Waals surface area contributed by atoms with Gasteiger partial charge in [-0.05, 0) is 62.7 Å². The third-order valence-electron chi connectivity index (χ3n) is 6.87. The van der Waals surface area contributed by atoms with Crippen LogP contribution in [-0.2, 0) is 0 Å². The summed E-state index contributed by atoms with van der Waals surface area (Å²) in [5.74, 6) is -0.226. The van der Waals surface area contributed by atoms with Gasteiger partial charge in [-0.15, -0.1) is 0 Å². The number of rotatable bonds is 7. The quantitative estimate of drug-likeness (QED) is 0.550. The van der Waals surface area contributed by atoms with Crippen LogP contribution in [0.4, 0.5) is 15.8 Å². The third kappa shape index (κ3) is 4.75. The fourth-order valence-corrected chi connectivity index (χ4v) is 4.72. The van der Waals surface area contributed by atoms with Gasteiger partial charge in [-0.25, -0.2) is 4.39 Å². The van der Waals surface area contributed by atoms with Crippen molar-refractivity contribution in [2.75, 3.05) is 49.5 Å². The Morgan fingerprint density at radius 3 is 2.43 bits per heavy atom. The average Bonchev–Trinajstić information content (AvgIpc) is 3.71. The standard InChI is InChI=1S/C27H31FN4O3/c1-3-30-11-13-31(14-12-30)25-16-24-21(15-23(25)28)26(33)22(17-32(24)19-7-8-19)27(34)29-18-5-9-20(10-6-18)35-4-2/h5-6,9-10,15-17,19H,3-4,7-8,11-14H2,1-2H3,(H,29,34). The second-order valence-corrected chi connectivity index (χ2v) is 9.16. The molecule has 35 heavy (non-hydrogen) atoms. The summed E-state index contributed by atoms with van der Waals surface area (Å²) >= 11 is 0. The smallest absolute Gasteiger partial charge is 0.261 e. The predicted octanol–water partition coefficient (Wildman–Crippen LogP) is 4.27. The first kappa shape index (κ1) is 23.4. The molecular weight excluding hydrogens is 447 g/mol. The number of hydrogen-bond acceptors (Lipinski definition) is 5. The summed E-state index contributed by atoms with van der Waals surface area (Å²) in [6, 6.07) is 10.3. The van der Waals surface area contributed by atoms with E-state index in [1.165, 1.54) is 6.07 Å². The minimum Gasteiger partial charge on any atom is -0.494 e. The summed E-state index contributed by atoms with van der Waals surface area (Å²) in [6.07, 6.45) is 3.59. The molecule has 0 unspecified atom stereocenters. The topological polar surface area (TPSA) is 66.8 Å². The van der Waals surface area contributed by atoms with Crippen molar-refractivity contribution in [2.24, 2.45) is 0 Å². The van der Waals surface area contributed by atoms with Crippen molar-refractivity contribution >= 4 is 28.2 Å². The molecule has 3 aromatic rings. The van der Waals surface area contributed by atoms with Crippen LogP contribution in [-0.4, -0.2) is 54.7 Å². The maximum atomic E-state index is 15.3. The van der Waals surface area contributed by atoms with Crippen LogP contribution in [0.3, 0.4) is 0 Å². The van der Waals surface area contributed by atoms with E-state index in [9.17, 15) is 9.59 Å². The molecule has 5 rings (SSSR count). The second-order valence-electron chi connectivity index (χ2n) is 9.16. The largest absolute Gasteiger partial charge is 0.494 e. The first-order valence-corrected chi connectivity index (χ1v) is 12.4. The minimum atomic E-state index is -0.504. The van der Waals surface area contributed by atoms with Crippen molar-refractivity contribution in [3.05, 3.63) is 64.2 Å². The monoisotopic (exact) mass is 478 g/mol. The maximum Gasteiger partial charge on any atom is 0.261 e. The zero-order chi connectivity index (χ0) is 24.5. The van der Waals surface area contributed by atoms with Gasteiger partial charge in [-0.1, -0.05) is 6.92 Å². The highest BCUT2D eigenvalue weighted by Gasteiger charge is 2.28. The molecule has 1 amide bonds. The van der Waals surface area contributed by atoms with Crippen molar-refractivity contribution in [3.63, 3.8) is 0 Å². The number of carbonyl (C=O) groups excluding carboxylic acids is 1. The number of piperazine rings is 1. The molecule has 0 bridgehead atoms. The number of nitrogens with one attached hydrogen (secondary N) is 1. The Morgan fingerprint density at radius 2 is 1.80 bits per heavy atom. The number of likely N-dealkylation sites (N-methyl/N-ethyl adjacent to an activating group) is 1. The number of pyridine rings is 1. The fraction of sp³-hybridized carbons (Fsp3) is 0.407. The molecule has 8 heteroatoms. The van der Waals surface area contributed by atoms with E-state index in [0.29, 0.717) is 29.2 Å². The summed E-state index contributed by atoms with van der Waals surface area (Å²) in [7, 11) is 0. The Kier molecular flexibility index (Phi) is 6.47. The zero-order valence-electron chi connectivity index (χ0n) is 20.2. The van der Waals surface area contributed by atoms with Crippen molar-refractivity contribution in [1.29, 1.82) is 0 Å². The van der Waals surface area contributed by atoms with Gasteiger partial charge in [0.1, 0.15) is 17.1 Å². The lowest BCUT2D eigenvalue weighted by Crippen LogP contribution is -2.46. The van der Waals surface area contributed by atoms with Gasteiger partial charge in [0, 0.05) is 49.5 Å². The molecule has 1 N–H and O–H groups in total. The number of ether oxygens (including phenoxy) is 1. The van der Waals surface area contributed by atoms with E-state index in [4.69, 9.17) is 4.74 Å². The number of benzene rings is 2. The van der Waals surface area contributed by atoms with Gasteiger partial charge in [-0.2, -0.15) is 0 Å². The molecule has 184 valence electrons. The number of fused-ring (bicyclic) bond motifs is 1. The normalized spacial score (nSPS) is 16.5. The Hall–Kier alpha value is -3.39. The highest BCUT2D eigenvalue weighted by molar-refractivity contribution is 6.06. The van der Waals surface area contributed by atoms with E-state index < -0.39 is 17.2 Å². The molecule has 2 fully saturated rings. The summed E-state index contributed by atoms with van der Waals surface area (Å²) in [5, 5.41) is 3.03. The number of amides is 1. The first-order valence-electron chi connectivity index (χ1n) is 12.4. The van der Waals surface area contributed by atoms with Crippen LogP contribution in [0.25, 0.3) is 10.9 Å². The van der Waals surface area contributed by atoms with Crippen molar-refractivity contribution < 1.29 is 13.9 Å². The van der Waals surface area contributed by atoms with Crippen LogP contribution < -0.4 is 20.4 Å². The molecule has 7 nitrogen and oxygen atoms in total. The minimum absolute atomic E-state index is 0.0157. The summed E-state index contributed by atoms with van der Waals surface area (Å²) in [5.41, 5.74) is 1.32. The van der Waals surface area contributed by atoms with Crippen LogP contribution in [0.5, 0.6) is 5.75 Å². The molecule has 2 heterocycles. The maximum absolute atomic E-state index is 15.3. The van der Waals surface area contributed by atoms with Gasteiger partial charge >= 0.3 is 0 Å². The van der Waals surface area contributed by atoms with Crippen LogP contribution >= 0.6 is 0 Å². The van der Waals surface area contributed by atoms with Crippen LogP contribution in [0.2, 0.25) is 0 Å². The molecule has 0 spiro atoms. The fourth-order valence-electron chi connectivity index (χ4n) is 4.72. The Bertz CT molecular complexity index is 1290. The third-order valence-corrected chi connectivity index (χ3v) is 6.87. The highest BCUT2D eigenvalue weighted by atomic mass is 19.1. The summed E-state index contributed by atoms with van der Waals surface area (Å²) in [6.45, 7) is 8.82. The Morgan fingerprint density at radius 1 is 1.09 bits per heavy atom. The molecule has 1 aliphatic heterocycles. The Balaban J connectivity index is 1.49. The molecule has 1 aromatic heterocycles. The van der Waals surface area contributed by atoms with Gasteiger partial charge in [-0.3, -0.25) is 9.59 Å². The molecule has 1 aliphatic carbocycles. The van der Waals surface area contributed by atoms with Crippen LogP contribution in [0, 0.1) is 5.82 Å². The van der Waals surface area contributed by atoms with Crippen molar-refractivity contribution in [3.8, 4) is 5.75 Å². The van der Waals surface area contributed by atoms with E-state index in [1.54, 1.807) is 36.5 Å². The van der Waals surface area contributed by atoms with Crippen LogP contribution in [0.15, 0.2) is 47.4 Å². The molecule has 1 saturated carbocycles. The number of carbonyl (C=O) groups is 1. The van der Waals surface area contributed by atoms with Crippen molar-refractivity contribution in [1.82, 2.24) is 9.47 Å². The van der Waals surface area contributed by atoms with Gasteiger partial charge in [0.15, 0.2) is 0 Å². The second kappa shape index (κ2) is 9.70. The SMILES string of the molecule is CCOc1ccc(NC(=O)c2cn(C3CC3)c3cc(N4CCN(CC)CC4)c(F)cc3c2=O)cc1. The van der Waals surface area contributed by atoms with E-state index in [1.807, 2.05) is 11.5 Å². The van der Waals surface area contributed by atoms with E-state index >= 15 is 4.39 Å². The van der Waals surface area contributed by atoms with Gasteiger partial charge < -0.3 is 24.4 Å². The molecule has 1 saturated heterocycles. The number of nitrogens with zero attached hydrogens (tertiary/aromatic N) is 3. The lowest BCUT2D eigenvalue weighted by atomic mass is 10.1. The first-order chi connectivity index (χ1) is 17.0. The lowest BCUT2D eigenvalue weighted by molar-refractivity contribution is 0.102. The molecular formula is C27H31FN4O3. The highest BCUT2D eigenvalue weighted by Crippen LogP contribution is 2.38. The molecule has 0 radical (unpaired) electrons. The summed E-state index contributed by atoms with van der Waals surface area (Å²) < 4.78 is 22.7. The van der Waals surface area contributed by atoms with Gasteiger partial charge in [0.2, 0.25) is 5.43 Å². The molecule has 2 aromatic carbocycles. The lowest BCUT2D eigenvalue weighted by Gasteiger charge is -2.35.